The Labute approximate surface area is 80.7 Å². The quantitative estimate of drug-likeness (QED) is 0.675. The highest BCUT2D eigenvalue weighted by molar-refractivity contribution is 5.08. The Hall–Kier alpha value is -0.0800. The second-order valence-corrected chi connectivity index (χ2v) is 5.35. The Bertz CT molecular complexity index is 202. The van der Waals surface area contributed by atoms with Crippen molar-refractivity contribution in [1.29, 1.82) is 0 Å². The fourth-order valence-corrected chi connectivity index (χ4v) is 3.53. The Morgan fingerprint density at radius 3 is 2.54 bits per heavy atom. The zero-order chi connectivity index (χ0) is 9.64. The fourth-order valence-electron chi connectivity index (χ4n) is 3.53. The first-order valence-corrected chi connectivity index (χ1v) is 5.39. The maximum atomic E-state index is 9.26. The first kappa shape index (κ1) is 9.47. The Balaban J connectivity index is 2.13. The molecule has 2 N–H and O–H groups in total. The number of aliphatic hydroxyl groups excluding tert-OH is 1. The molecule has 3 aliphatic carbocycles. The van der Waals surface area contributed by atoms with E-state index in [1.165, 1.54) is 12.8 Å². The molecule has 0 saturated heterocycles. The van der Waals surface area contributed by atoms with Crippen molar-refractivity contribution in [2.24, 2.45) is 23.2 Å². The molecule has 0 radical (unpaired) electrons. The average Bonchev–Trinajstić information content (AvgIpc) is 2.16. The van der Waals surface area contributed by atoms with Gasteiger partial charge in [-0.25, -0.2) is 0 Å². The molecule has 3 fully saturated rings. The van der Waals surface area contributed by atoms with E-state index in [1.807, 2.05) is 7.05 Å². The van der Waals surface area contributed by atoms with Crippen molar-refractivity contribution in [3.05, 3.63) is 0 Å². The van der Waals surface area contributed by atoms with Gasteiger partial charge in [0.05, 0.1) is 0 Å². The summed E-state index contributed by atoms with van der Waals surface area (Å²) in [4.78, 5) is 0. The van der Waals surface area contributed by atoms with E-state index in [9.17, 15) is 5.11 Å². The molecule has 4 atom stereocenters. The van der Waals surface area contributed by atoms with E-state index in [1.54, 1.807) is 0 Å². The summed E-state index contributed by atoms with van der Waals surface area (Å²) in [6.45, 7) is 5.11. The van der Waals surface area contributed by atoms with Crippen LogP contribution in [0.15, 0.2) is 0 Å². The SMILES string of the molecule is CNC1C(CO)CC2CC1C2(C)C. The molecular weight excluding hydrogens is 162 g/mol. The average molecular weight is 183 g/mol. The van der Waals surface area contributed by atoms with Gasteiger partial charge in [-0.1, -0.05) is 13.8 Å². The molecular formula is C11H21NO. The highest BCUT2D eigenvalue weighted by Crippen LogP contribution is 2.60. The van der Waals surface area contributed by atoms with E-state index >= 15 is 0 Å². The topological polar surface area (TPSA) is 32.3 Å². The van der Waals surface area contributed by atoms with Gasteiger partial charge in [0.1, 0.15) is 0 Å². The van der Waals surface area contributed by atoms with Crippen LogP contribution in [0.25, 0.3) is 0 Å². The number of hydrogen-bond acceptors (Lipinski definition) is 2. The third-order valence-electron chi connectivity index (χ3n) is 4.64. The second-order valence-electron chi connectivity index (χ2n) is 5.35. The van der Waals surface area contributed by atoms with Crippen LogP contribution in [0, 0.1) is 23.2 Å². The molecule has 2 nitrogen and oxygen atoms in total. The highest BCUT2D eigenvalue weighted by atomic mass is 16.3. The van der Waals surface area contributed by atoms with E-state index in [2.05, 4.69) is 19.2 Å². The Morgan fingerprint density at radius 2 is 2.08 bits per heavy atom. The van der Waals surface area contributed by atoms with Gasteiger partial charge in [-0.3, -0.25) is 0 Å². The lowest BCUT2D eigenvalue weighted by Gasteiger charge is -2.62. The molecule has 3 aliphatic rings. The van der Waals surface area contributed by atoms with Crippen LogP contribution >= 0.6 is 0 Å². The van der Waals surface area contributed by atoms with E-state index in [0.29, 0.717) is 24.0 Å². The van der Waals surface area contributed by atoms with Gasteiger partial charge in [0.2, 0.25) is 0 Å². The number of aliphatic hydroxyl groups is 1. The van der Waals surface area contributed by atoms with Gasteiger partial charge >= 0.3 is 0 Å². The third kappa shape index (κ3) is 1.15. The monoisotopic (exact) mass is 183 g/mol. The van der Waals surface area contributed by atoms with Crippen molar-refractivity contribution in [2.45, 2.75) is 32.7 Å². The van der Waals surface area contributed by atoms with Crippen LogP contribution < -0.4 is 5.32 Å². The third-order valence-corrected chi connectivity index (χ3v) is 4.64. The summed E-state index contributed by atoms with van der Waals surface area (Å²) in [6.07, 6.45) is 2.58. The van der Waals surface area contributed by atoms with Crippen LogP contribution in [0.4, 0.5) is 0 Å². The lowest BCUT2D eigenvalue weighted by Crippen LogP contribution is -2.62. The van der Waals surface area contributed by atoms with Gasteiger partial charge in [0, 0.05) is 12.6 Å². The predicted octanol–water partition coefficient (Wildman–Crippen LogP) is 1.25. The first-order valence-electron chi connectivity index (χ1n) is 5.39. The normalized spacial score (nSPS) is 47.1. The van der Waals surface area contributed by atoms with Crippen molar-refractivity contribution in [3.8, 4) is 0 Å². The number of fused-ring (bicyclic) bond motifs is 2. The van der Waals surface area contributed by atoms with Crippen LogP contribution in [0.3, 0.4) is 0 Å². The summed E-state index contributed by atoms with van der Waals surface area (Å²) in [6, 6.07) is 0.546. The molecule has 13 heavy (non-hydrogen) atoms. The largest absolute Gasteiger partial charge is 0.396 e. The van der Waals surface area contributed by atoms with Gasteiger partial charge in [-0.15, -0.1) is 0 Å². The van der Waals surface area contributed by atoms with E-state index in [0.717, 1.165) is 11.8 Å². The minimum Gasteiger partial charge on any atom is -0.396 e. The van der Waals surface area contributed by atoms with Crippen molar-refractivity contribution in [1.82, 2.24) is 5.32 Å². The van der Waals surface area contributed by atoms with Crippen LogP contribution in [-0.4, -0.2) is 24.8 Å². The van der Waals surface area contributed by atoms with Crippen LogP contribution in [0.5, 0.6) is 0 Å². The van der Waals surface area contributed by atoms with Gasteiger partial charge in [-0.05, 0) is 43.1 Å². The molecule has 0 aromatic heterocycles. The minimum absolute atomic E-state index is 0.356. The zero-order valence-corrected chi connectivity index (χ0v) is 8.88. The van der Waals surface area contributed by atoms with Crippen molar-refractivity contribution < 1.29 is 5.11 Å². The summed E-state index contributed by atoms with van der Waals surface area (Å²) in [5, 5.41) is 12.6. The molecule has 76 valence electrons. The molecule has 3 rings (SSSR count). The molecule has 0 aliphatic heterocycles. The molecule has 0 aromatic carbocycles. The van der Waals surface area contributed by atoms with Crippen molar-refractivity contribution in [2.75, 3.05) is 13.7 Å². The molecule has 0 spiro atoms. The zero-order valence-electron chi connectivity index (χ0n) is 8.88. The van der Waals surface area contributed by atoms with Gasteiger partial charge in [0.15, 0.2) is 0 Å². The molecule has 0 aromatic rings. The molecule has 2 heteroatoms. The smallest absolute Gasteiger partial charge is 0.0474 e. The van der Waals surface area contributed by atoms with Crippen molar-refractivity contribution >= 4 is 0 Å². The summed E-state index contributed by atoms with van der Waals surface area (Å²) >= 11 is 0. The summed E-state index contributed by atoms with van der Waals surface area (Å²) < 4.78 is 0. The molecule has 2 bridgehead atoms. The maximum absolute atomic E-state index is 9.26. The second kappa shape index (κ2) is 2.96. The summed E-state index contributed by atoms with van der Waals surface area (Å²) in [7, 11) is 2.03. The maximum Gasteiger partial charge on any atom is 0.0474 e. The van der Waals surface area contributed by atoms with Gasteiger partial charge in [-0.2, -0.15) is 0 Å². The Kier molecular flexibility index (Phi) is 2.16. The Morgan fingerprint density at radius 1 is 1.38 bits per heavy atom. The first-order chi connectivity index (χ1) is 6.11. The van der Waals surface area contributed by atoms with Crippen LogP contribution in [0.1, 0.15) is 26.7 Å². The lowest BCUT2D eigenvalue weighted by molar-refractivity contribution is -0.120. The number of hydrogen-bond donors (Lipinski definition) is 2. The molecule has 0 amide bonds. The number of rotatable bonds is 2. The summed E-state index contributed by atoms with van der Waals surface area (Å²) in [5.74, 6) is 2.15. The van der Waals surface area contributed by atoms with E-state index in [4.69, 9.17) is 0 Å². The van der Waals surface area contributed by atoms with Gasteiger partial charge in [0.25, 0.3) is 0 Å². The lowest BCUT2D eigenvalue weighted by atomic mass is 9.45. The molecule has 3 saturated carbocycles. The van der Waals surface area contributed by atoms with Crippen LogP contribution in [0.2, 0.25) is 0 Å². The predicted molar refractivity (Wildman–Crippen MR) is 53.4 cm³/mol. The highest BCUT2D eigenvalue weighted by Gasteiger charge is 2.56. The molecule has 0 heterocycles. The van der Waals surface area contributed by atoms with E-state index in [-0.39, 0.29) is 0 Å². The van der Waals surface area contributed by atoms with Crippen molar-refractivity contribution in [3.63, 3.8) is 0 Å². The van der Waals surface area contributed by atoms with Crippen LogP contribution in [-0.2, 0) is 0 Å². The minimum atomic E-state index is 0.356. The number of nitrogens with one attached hydrogen (secondary N) is 1. The van der Waals surface area contributed by atoms with Gasteiger partial charge < -0.3 is 10.4 Å². The summed E-state index contributed by atoms with van der Waals surface area (Å²) in [5.41, 5.74) is 0.513. The standard InChI is InChI=1S/C11H21NO/c1-11(2)8-4-7(6-13)10(12-3)9(11)5-8/h7-10,12-13H,4-6H2,1-3H3. The fraction of sp³-hybridized carbons (Fsp3) is 1.00. The van der Waals surface area contributed by atoms with E-state index < -0.39 is 0 Å². The molecule has 4 unspecified atom stereocenters.